The van der Waals surface area contributed by atoms with Gasteiger partial charge in [0.2, 0.25) is 0 Å². The lowest BCUT2D eigenvalue weighted by Gasteiger charge is -2.21. The summed E-state index contributed by atoms with van der Waals surface area (Å²) in [5.41, 5.74) is 0. The highest BCUT2D eigenvalue weighted by molar-refractivity contribution is 7.47. The van der Waals surface area contributed by atoms with Crippen LogP contribution >= 0.6 is 7.82 Å². The van der Waals surface area contributed by atoms with Crippen molar-refractivity contribution in [3.8, 4) is 0 Å². The van der Waals surface area contributed by atoms with Crippen molar-refractivity contribution in [1.29, 1.82) is 0 Å². The third-order valence-corrected chi connectivity index (χ3v) is 13.0. The first-order valence-corrected chi connectivity index (χ1v) is 31.6. The van der Waals surface area contributed by atoms with Gasteiger partial charge in [-0.25, -0.2) is 4.57 Å². The first kappa shape index (κ1) is 73.6. The van der Waals surface area contributed by atoms with Gasteiger partial charge in [0.25, 0.3) is 0 Å². The maximum Gasteiger partial charge on any atom is 0.472 e. The number of carbonyl (C=O) groups excluding carboxylic acids is 3. The summed E-state index contributed by atoms with van der Waals surface area (Å²) in [7, 11) is -4.79. The predicted octanol–water partition coefficient (Wildman–Crippen LogP) is 18.1. The number of unbranched alkanes of at least 4 members (excludes halogenated alkanes) is 15. The Balaban J connectivity index is 4.88. The Morgan fingerprint density at radius 1 is 0.372 bits per heavy atom. The molecular weight excluding hydrogens is 1000 g/mol. The minimum atomic E-state index is -4.79. The Hall–Kier alpha value is -4.38. The van der Waals surface area contributed by atoms with Crippen molar-refractivity contribution in [2.24, 2.45) is 0 Å². The molecular formula is C66H107O11P. The SMILES string of the molecule is CC/C=C\C/C=C\C/C=C\C/C=C\C/C=C\CCCC(=O)OCC(COP(=O)(O)OCC(CO)OC(=O)CCCCCCCCC/C=C\CCCCCCCC)OC(=O)CCC/C=C\C/C=C\C/C=C\C/C=C\C/C=C\CC. The van der Waals surface area contributed by atoms with Gasteiger partial charge >= 0.3 is 25.7 Å². The predicted molar refractivity (Wildman–Crippen MR) is 325 cm³/mol. The Morgan fingerprint density at radius 3 is 1.09 bits per heavy atom. The lowest BCUT2D eigenvalue weighted by molar-refractivity contribution is -0.161. The van der Waals surface area contributed by atoms with Crippen molar-refractivity contribution in [3.05, 3.63) is 134 Å². The molecule has 0 aliphatic carbocycles. The van der Waals surface area contributed by atoms with Gasteiger partial charge in [0, 0.05) is 19.3 Å². The molecule has 0 radical (unpaired) electrons. The van der Waals surface area contributed by atoms with E-state index in [1.807, 2.05) is 18.2 Å². The Morgan fingerprint density at radius 2 is 0.679 bits per heavy atom. The zero-order valence-corrected chi connectivity index (χ0v) is 49.7. The molecule has 0 bridgehead atoms. The summed E-state index contributed by atoms with van der Waals surface area (Å²) >= 11 is 0. The molecule has 0 aromatic carbocycles. The number of allylic oxidation sites excluding steroid dienone is 22. The van der Waals surface area contributed by atoms with Gasteiger partial charge in [0.05, 0.1) is 19.8 Å². The van der Waals surface area contributed by atoms with Crippen LogP contribution in [0.25, 0.3) is 0 Å². The molecule has 0 aromatic heterocycles. The Bertz CT molecular complexity index is 1820. The molecule has 0 spiro atoms. The molecule has 0 fully saturated rings. The van der Waals surface area contributed by atoms with Crippen LogP contribution in [-0.2, 0) is 42.2 Å². The van der Waals surface area contributed by atoms with E-state index in [4.69, 9.17) is 23.3 Å². The lowest BCUT2D eigenvalue weighted by Crippen LogP contribution is -2.30. The minimum absolute atomic E-state index is 0.0698. The average Bonchev–Trinajstić information content (AvgIpc) is 3.43. The fraction of sp³-hybridized carbons (Fsp3) is 0.621. The molecule has 3 unspecified atom stereocenters. The molecule has 3 atom stereocenters. The molecule has 0 saturated heterocycles. The summed E-state index contributed by atoms with van der Waals surface area (Å²) in [5, 5.41) is 9.84. The van der Waals surface area contributed by atoms with Crippen LogP contribution in [0.4, 0.5) is 0 Å². The third kappa shape index (κ3) is 56.3. The van der Waals surface area contributed by atoms with E-state index >= 15 is 0 Å². The summed E-state index contributed by atoms with van der Waals surface area (Å²) in [6, 6.07) is 0. The summed E-state index contributed by atoms with van der Waals surface area (Å²) in [4.78, 5) is 48.6. The molecule has 0 aliphatic heterocycles. The number of aliphatic hydroxyl groups excluding tert-OH is 1. The van der Waals surface area contributed by atoms with E-state index in [0.717, 1.165) is 96.3 Å². The Labute approximate surface area is 474 Å². The number of rotatable bonds is 54. The second-order valence-electron chi connectivity index (χ2n) is 19.4. The van der Waals surface area contributed by atoms with Gasteiger partial charge in [-0.1, -0.05) is 219 Å². The van der Waals surface area contributed by atoms with E-state index < -0.39 is 64.4 Å². The van der Waals surface area contributed by atoms with Crippen LogP contribution in [-0.4, -0.2) is 66.5 Å². The fourth-order valence-corrected chi connectivity index (χ4v) is 8.32. The van der Waals surface area contributed by atoms with Crippen molar-refractivity contribution in [2.45, 2.75) is 238 Å². The van der Waals surface area contributed by atoms with Crippen LogP contribution in [0.2, 0.25) is 0 Å². The van der Waals surface area contributed by atoms with Gasteiger partial charge in [-0.2, -0.15) is 0 Å². The molecule has 0 heterocycles. The normalized spacial score (nSPS) is 14.3. The highest BCUT2D eigenvalue weighted by Gasteiger charge is 2.28. The van der Waals surface area contributed by atoms with Crippen molar-refractivity contribution in [2.75, 3.05) is 26.4 Å². The van der Waals surface area contributed by atoms with E-state index in [2.05, 4.69) is 136 Å². The molecule has 12 heteroatoms. The number of hydrogen-bond acceptors (Lipinski definition) is 10. The van der Waals surface area contributed by atoms with Gasteiger partial charge in [-0.3, -0.25) is 23.4 Å². The molecule has 442 valence electrons. The van der Waals surface area contributed by atoms with Gasteiger partial charge in [0.1, 0.15) is 12.7 Å². The fourth-order valence-electron chi connectivity index (χ4n) is 7.54. The highest BCUT2D eigenvalue weighted by atomic mass is 31.2. The number of hydrogen-bond donors (Lipinski definition) is 2. The monoisotopic (exact) mass is 1110 g/mol. The van der Waals surface area contributed by atoms with E-state index in [1.54, 1.807) is 0 Å². The zero-order chi connectivity index (χ0) is 56.9. The van der Waals surface area contributed by atoms with Gasteiger partial charge in [0.15, 0.2) is 6.10 Å². The smallest absolute Gasteiger partial charge is 0.462 e. The van der Waals surface area contributed by atoms with Crippen LogP contribution in [0.5, 0.6) is 0 Å². The van der Waals surface area contributed by atoms with Gasteiger partial charge in [-0.05, 0) is 122 Å². The maximum absolute atomic E-state index is 12.9. The van der Waals surface area contributed by atoms with Crippen molar-refractivity contribution >= 4 is 25.7 Å². The van der Waals surface area contributed by atoms with Crippen LogP contribution in [0.15, 0.2) is 134 Å². The number of esters is 3. The number of aliphatic hydroxyl groups is 1. The maximum atomic E-state index is 12.9. The molecule has 0 aliphatic rings. The standard InChI is InChI=1S/C66H107O11P/c1-4-7-10-13-16-19-22-25-28-31-34-37-40-43-46-49-52-55-64(68)73-59-63(77-66(70)57-54-51-48-45-42-39-36-33-30-27-24-21-18-15-12-9-6-3)61-75-78(71,72)74-60-62(58-67)76-65(69)56-53-50-47-44-41-38-35-32-29-26-23-20-17-14-11-8-5-2/h7,9-10,12,16,18-19,21,25-30,34,36-37,39,43,45-46,48,62-63,67H,4-6,8,11,13-15,17,20,22-24,31-33,35,38,40-42,44,47,49-61H2,1-3H3,(H,71,72)/b10-7-,12-9-,19-16-,21-18-,28-25-,29-26-,30-27-,37-34-,39-36-,46-43-,48-45-. The Kier molecular flexibility index (Phi) is 55.5. The molecule has 0 amide bonds. The molecule has 2 N–H and O–H groups in total. The topological polar surface area (TPSA) is 155 Å². The van der Waals surface area contributed by atoms with Crippen molar-refractivity contribution in [3.63, 3.8) is 0 Å². The molecule has 78 heavy (non-hydrogen) atoms. The molecule has 0 aromatic rings. The highest BCUT2D eigenvalue weighted by Crippen LogP contribution is 2.43. The van der Waals surface area contributed by atoms with E-state index in [0.29, 0.717) is 32.1 Å². The van der Waals surface area contributed by atoms with Gasteiger partial charge < -0.3 is 24.2 Å². The van der Waals surface area contributed by atoms with Crippen LogP contribution in [0.3, 0.4) is 0 Å². The first-order chi connectivity index (χ1) is 38.2. The van der Waals surface area contributed by atoms with Crippen LogP contribution in [0.1, 0.15) is 226 Å². The lowest BCUT2D eigenvalue weighted by atomic mass is 10.1. The van der Waals surface area contributed by atoms with Gasteiger partial charge in [-0.15, -0.1) is 0 Å². The van der Waals surface area contributed by atoms with E-state index in [9.17, 15) is 28.9 Å². The minimum Gasteiger partial charge on any atom is -0.462 e. The second kappa shape index (κ2) is 58.8. The summed E-state index contributed by atoms with van der Waals surface area (Å²) < 4.78 is 39.5. The number of phosphoric ester groups is 1. The van der Waals surface area contributed by atoms with E-state index in [-0.39, 0.29) is 19.3 Å². The number of ether oxygens (including phenoxy) is 3. The molecule has 11 nitrogen and oxygen atoms in total. The van der Waals surface area contributed by atoms with Crippen LogP contribution < -0.4 is 0 Å². The van der Waals surface area contributed by atoms with Crippen LogP contribution in [0, 0.1) is 0 Å². The summed E-state index contributed by atoms with van der Waals surface area (Å²) in [5.74, 6) is -1.62. The van der Waals surface area contributed by atoms with Crippen molar-refractivity contribution in [1.82, 2.24) is 0 Å². The number of carbonyl (C=O) groups is 3. The van der Waals surface area contributed by atoms with E-state index in [1.165, 1.54) is 57.8 Å². The second-order valence-corrected chi connectivity index (χ2v) is 20.8. The molecule has 0 rings (SSSR count). The largest absolute Gasteiger partial charge is 0.472 e. The third-order valence-electron chi connectivity index (χ3n) is 12.0. The average molecular weight is 1110 g/mol. The zero-order valence-electron chi connectivity index (χ0n) is 48.8. The van der Waals surface area contributed by atoms with Crippen molar-refractivity contribution < 1.29 is 52.2 Å². The summed E-state index contributed by atoms with van der Waals surface area (Å²) in [6.45, 7) is 4.27. The quantitative estimate of drug-likeness (QED) is 0.0197. The first-order valence-electron chi connectivity index (χ1n) is 30.1. The number of phosphoric acid groups is 1. The molecule has 0 saturated carbocycles. The summed E-state index contributed by atoms with van der Waals surface area (Å²) in [6.07, 6.45) is 74.2.